The van der Waals surface area contributed by atoms with Gasteiger partial charge in [0.2, 0.25) is 0 Å². The summed E-state index contributed by atoms with van der Waals surface area (Å²) in [5.74, 6) is 0. The van der Waals surface area contributed by atoms with Gasteiger partial charge in [-0.1, -0.05) is 39.0 Å². The van der Waals surface area contributed by atoms with E-state index in [1.807, 2.05) is 6.21 Å². The molecule has 1 aromatic rings. The van der Waals surface area contributed by atoms with E-state index in [-0.39, 0.29) is 11.0 Å². The molecule has 0 aromatic heterocycles. The van der Waals surface area contributed by atoms with Crippen molar-refractivity contribution < 1.29 is 0 Å². The monoisotopic (exact) mass is 217 g/mol. The van der Waals surface area contributed by atoms with Crippen molar-refractivity contribution in [2.75, 3.05) is 0 Å². The number of hydrogen-bond acceptors (Lipinski definition) is 1. The van der Waals surface area contributed by atoms with E-state index in [0.29, 0.717) is 0 Å². The molecule has 0 amide bonds. The first-order valence-corrected chi connectivity index (χ1v) is 5.84. The van der Waals surface area contributed by atoms with Crippen molar-refractivity contribution in [1.82, 2.24) is 0 Å². The molecular weight excluding hydrogens is 194 g/mol. The molecule has 0 spiro atoms. The maximum Gasteiger partial charge on any atom is 0.0524 e. The minimum absolute atomic E-state index is 0.00224. The summed E-state index contributed by atoms with van der Waals surface area (Å²) in [4.78, 5) is 4.52. The van der Waals surface area contributed by atoms with Crippen molar-refractivity contribution in [3.05, 3.63) is 35.4 Å². The third-order valence-corrected chi connectivity index (χ3v) is 2.35. The fraction of sp³-hybridized carbons (Fsp3) is 0.533. The maximum atomic E-state index is 4.52. The molecule has 88 valence electrons. The highest BCUT2D eigenvalue weighted by atomic mass is 14.8. The zero-order valence-corrected chi connectivity index (χ0v) is 11.3. The van der Waals surface area contributed by atoms with Gasteiger partial charge in [-0.25, -0.2) is 0 Å². The normalized spacial score (nSPS) is 13.4. The molecule has 0 heterocycles. The minimum atomic E-state index is -0.00224. The Morgan fingerprint density at radius 2 is 1.62 bits per heavy atom. The van der Waals surface area contributed by atoms with Gasteiger partial charge >= 0.3 is 0 Å². The number of hydrogen-bond donors (Lipinski definition) is 0. The summed E-state index contributed by atoms with van der Waals surface area (Å²) in [7, 11) is 0. The van der Waals surface area contributed by atoms with Crippen LogP contribution in [-0.2, 0) is 5.41 Å². The second kappa shape index (κ2) is 4.40. The Balaban J connectivity index is 2.96. The molecule has 0 aliphatic rings. The Morgan fingerprint density at radius 1 is 1.00 bits per heavy atom. The number of benzene rings is 1. The Labute approximate surface area is 99.6 Å². The Morgan fingerprint density at radius 3 is 2.12 bits per heavy atom. The van der Waals surface area contributed by atoms with Crippen molar-refractivity contribution >= 4 is 6.21 Å². The number of nitrogens with zero attached hydrogens (tertiary/aromatic N) is 1. The van der Waals surface area contributed by atoms with Crippen molar-refractivity contribution in [2.45, 2.75) is 52.5 Å². The first kappa shape index (κ1) is 13.0. The van der Waals surface area contributed by atoms with Gasteiger partial charge in [0.15, 0.2) is 0 Å². The third kappa shape index (κ3) is 4.18. The van der Waals surface area contributed by atoms with Gasteiger partial charge in [-0.15, -0.1) is 0 Å². The topological polar surface area (TPSA) is 12.4 Å². The average molecular weight is 217 g/mol. The molecule has 1 heteroatoms. The molecule has 0 aliphatic carbocycles. The van der Waals surface area contributed by atoms with E-state index in [4.69, 9.17) is 0 Å². The van der Waals surface area contributed by atoms with Crippen LogP contribution < -0.4 is 0 Å². The molecule has 0 fully saturated rings. The fourth-order valence-corrected chi connectivity index (χ4v) is 1.35. The van der Waals surface area contributed by atoms with Gasteiger partial charge in [-0.3, -0.25) is 4.99 Å². The van der Waals surface area contributed by atoms with E-state index in [0.717, 1.165) is 0 Å². The van der Waals surface area contributed by atoms with E-state index in [1.165, 1.54) is 11.1 Å². The highest BCUT2D eigenvalue weighted by Crippen LogP contribution is 2.22. The molecule has 16 heavy (non-hydrogen) atoms. The van der Waals surface area contributed by atoms with Crippen LogP contribution in [0.3, 0.4) is 0 Å². The van der Waals surface area contributed by atoms with Gasteiger partial charge in [0.05, 0.1) is 5.54 Å². The van der Waals surface area contributed by atoms with Crippen molar-refractivity contribution in [3.8, 4) is 0 Å². The summed E-state index contributed by atoms with van der Waals surface area (Å²) in [6.07, 6.45) is 1.97. The molecule has 0 bridgehead atoms. The van der Waals surface area contributed by atoms with E-state index >= 15 is 0 Å². The summed E-state index contributed by atoms with van der Waals surface area (Å²) >= 11 is 0. The molecule has 0 saturated carbocycles. The Hall–Kier alpha value is -1.11. The molecule has 0 N–H and O–H groups in total. The van der Waals surface area contributed by atoms with Crippen LogP contribution >= 0.6 is 0 Å². The highest BCUT2D eigenvalue weighted by molar-refractivity contribution is 5.80. The largest absolute Gasteiger partial charge is 0.287 e. The minimum Gasteiger partial charge on any atom is -0.287 e. The molecule has 1 nitrogen and oxygen atoms in total. The van der Waals surface area contributed by atoms with Crippen LogP contribution in [0.15, 0.2) is 29.3 Å². The molecule has 1 aromatic carbocycles. The van der Waals surface area contributed by atoms with Gasteiger partial charge in [0.25, 0.3) is 0 Å². The van der Waals surface area contributed by atoms with E-state index < -0.39 is 0 Å². The summed E-state index contributed by atoms with van der Waals surface area (Å²) in [5, 5.41) is 0. The van der Waals surface area contributed by atoms with Crippen molar-refractivity contribution in [1.29, 1.82) is 0 Å². The van der Waals surface area contributed by atoms with E-state index in [1.54, 1.807) is 0 Å². The zero-order chi connectivity index (χ0) is 12.4. The van der Waals surface area contributed by atoms with Gasteiger partial charge in [-0.05, 0) is 43.4 Å². The van der Waals surface area contributed by atoms with Gasteiger partial charge < -0.3 is 0 Å². The number of rotatable bonds is 1. The quantitative estimate of drug-likeness (QED) is 0.625. The SMILES string of the molecule is CC(C)(C)N=Cc1cccc(C(C)(C)C)c1. The summed E-state index contributed by atoms with van der Waals surface area (Å²) in [6, 6.07) is 8.60. The average Bonchev–Trinajstić information content (AvgIpc) is 2.13. The first-order chi connectivity index (χ1) is 7.18. The lowest BCUT2D eigenvalue weighted by atomic mass is 9.86. The second-order valence-electron chi connectivity index (χ2n) is 6.30. The van der Waals surface area contributed by atoms with Gasteiger partial charge in [0, 0.05) is 6.21 Å². The lowest BCUT2D eigenvalue weighted by Crippen LogP contribution is -2.12. The molecule has 0 unspecified atom stereocenters. The lowest BCUT2D eigenvalue weighted by molar-refractivity contribution is 0.586. The first-order valence-electron chi connectivity index (χ1n) is 5.84. The molecule has 0 aliphatic heterocycles. The predicted molar refractivity (Wildman–Crippen MR) is 72.5 cm³/mol. The van der Waals surface area contributed by atoms with Crippen LogP contribution in [-0.4, -0.2) is 11.8 Å². The van der Waals surface area contributed by atoms with Crippen molar-refractivity contribution in [3.63, 3.8) is 0 Å². The van der Waals surface area contributed by atoms with Gasteiger partial charge in [0.1, 0.15) is 0 Å². The highest BCUT2D eigenvalue weighted by Gasteiger charge is 2.13. The van der Waals surface area contributed by atoms with E-state index in [2.05, 4.69) is 70.8 Å². The summed E-state index contributed by atoms with van der Waals surface area (Å²) in [5.41, 5.74) is 2.73. The smallest absolute Gasteiger partial charge is 0.0524 e. The van der Waals surface area contributed by atoms with Crippen molar-refractivity contribution in [2.24, 2.45) is 4.99 Å². The third-order valence-electron chi connectivity index (χ3n) is 2.35. The van der Waals surface area contributed by atoms with Crippen LogP contribution in [0, 0.1) is 0 Å². The number of aliphatic imine (C=N–C) groups is 1. The second-order valence-corrected chi connectivity index (χ2v) is 6.30. The fourth-order valence-electron chi connectivity index (χ4n) is 1.35. The van der Waals surface area contributed by atoms with Crippen LogP contribution in [0.4, 0.5) is 0 Å². The predicted octanol–water partition coefficient (Wildman–Crippen LogP) is 4.20. The van der Waals surface area contributed by atoms with Crippen LogP contribution in [0.25, 0.3) is 0 Å². The summed E-state index contributed by atoms with van der Waals surface area (Å²) < 4.78 is 0. The molecule has 1 rings (SSSR count). The maximum absolute atomic E-state index is 4.52. The Bertz CT molecular complexity index is 375. The van der Waals surface area contributed by atoms with Crippen LogP contribution in [0.2, 0.25) is 0 Å². The molecule has 0 atom stereocenters. The van der Waals surface area contributed by atoms with E-state index in [9.17, 15) is 0 Å². The van der Waals surface area contributed by atoms with Crippen LogP contribution in [0.1, 0.15) is 52.7 Å². The van der Waals surface area contributed by atoms with Crippen LogP contribution in [0.5, 0.6) is 0 Å². The summed E-state index contributed by atoms with van der Waals surface area (Å²) in [6.45, 7) is 13.0. The lowest BCUT2D eigenvalue weighted by Gasteiger charge is -2.19. The standard InChI is InChI=1S/C15H23N/c1-14(2,3)13-9-7-8-12(10-13)11-16-15(4,5)6/h7-11H,1-6H3. The van der Waals surface area contributed by atoms with Gasteiger partial charge in [-0.2, -0.15) is 0 Å². The zero-order valence-electron chi connectivity index (χ0n) is 11.3. The molecular formula is C15H23N. The Kier molecular flexibility index (Phi) is 3.57. The molecule has 0 saturated heterocycles. The molecule has 0 radical (unpaired) electrons.